The molecule has 0 fully saturated rings. The minimum Gasteiger partial charge on any atom is -0.383 e. The molecule has 5 nitrogen and oxygen atoms in total. The number of nitrogens with one attached hydrogen (secondary N) is 2. The molecule has 8 heteroatoms. The fourth-order valence-corrected chi connectivity index (χ4v) is 2.59. The topological polar surface area (TPSA) is 67.4 Å². The van der Waals surface area contributed by atoms with Crippen LogP contribution in [0, 0.1) is 0 Å². The van der Waals surface area contributed by atoms with Gasteiger partial charge in [-0.05, 0) is 28.1 Å². The standard InChI is InChI=1S/C9H12BrClN2O3S/c1-16-6-5-12-17(14,15)13-8-4-2-3-7(11)9(8)10/h2-4,12-13H,5-6H2,1H3. The van der Waals surface area contributed by atoms with Crippen molar-refractivity contribution < 1.29 is 13.2 Å². The number of hydrogen-bond acceptors (Lipinski definition) is 3. The second kappa shape index (κ2) is 6.55. The van der Waals surface area contributed by atoms with Crippen molar-refractivity contribution in [2.24, 2.45) is 0 Å². The van der Waals surface area contributed by atoms with Crippen molar-refractivity contribution >= 4 is 43.4 Å². The van der Waals surface area contributed by atoms with Gasteiger partial charge in [0.15, 0.2) is 0 Å². The molecule has 0 amide bonds. The Labute approximate surface area is 114 Å². The maximum atomic E-state index is 11.6. The van der Waals surface area contributed by atoms with Gasteiger partial charge in [-0.3, -0.25) is 4.72 Å². The summed E-state index contributed by atoms with van der Waals surface area (Å²) in [6.45, 7) is 0.502. The first-order chi connectivity index (χ1) is 7.96. The van der Waals surface area contributed by atoms with E-state index in [0.29, 0.717) is 21.8 Å². The van der Waals surface area contributed by atoms with Crippen LogP contribution in [0.2, 0.25) is 5.02 Å². The maximum absolute atomic E-state index is 11.6. The number of halogens is 2. The zero-order valence-corrected chi connectivity index (χ0v) is 12.2. The smallest absolute Gasteiger partial charge is 0.299 e. The molecule has 0 saturated heterocycles. The summed E-state index contributed by atoms with van der Waals surface area (Å²) in [5.41, 5.74) is 0.377. The number of anilines is 1. The van der Waals surface area contributed by atoms with Gasteiger partial charge in [-0.1, -0.05) is 17.7 Å². The molecule has 0 heterocycles. The van der Waals surface area contributed by atoms with Gasteiger partial charge in [0.25, 0.3) is 10.2 Å². The average molecular weight is 344 g/mol. The highest BCUT2D eigenvalue weighted by molar-refractivity contribution is 9.10. The van der Waals surface area contributed by atoms with E-state index in [1.165, 1.54) is 7.11 Å². The second-order valence-electron chi connectivity index (χ2n) is 3.09. The summed E-state index contributed by atoms with van der Waals surface area (Å²) in [6, 6.07) is 4.91. The van der Waals surface area contributed by atoms with Crippen LogP contribution >= 0.6 is 27.5 Å². The maximum Gasteiger partial charge on any atom is 0.299 e. The quantitative estimate of drug-likeness (QED) is 0.776. The summed E-state index contributed by atoms with van der Waals surface area (Å²) >= 11 is 9.05. The third-order valence-corrected chi connectivity index (χ3v) is 4.26. The number of ether oxygens (including phenoxy) is 1. The van der Waals surface area contributed by atoms with Crippen molar-refractivity contribution in [3.8, 4) is 0 Å². The minimum absolute atomic E-state index is 0.198. The number of methoxy groups -OCH3 is 1. The van der Waals surface area contributed by atoms with Crippen LogP contribution in [0.5, 0.6) is 0 Å². The van der Waals surface area contributed by atoms with Gasteiger partial charge < -0.3 is 4.74 Å². The molecule has 0 aromatic heterocycles. The molecule has 0 atom stereocenters. The molecule has 0 spiro atoms. The van der Waals surface area contributed by atoms with E-state index >= 15 is 0 Å². The van der Waals surface area contributed by atoms with Crippen LogP contribution in [0.1, 0.15) is 0 Å². The first-order valence-electron chi connectivity index (χ1n) is 4.66. The van der Waals surface area contributed by atoms with Gasteiger partial charge in [0.1, 0.15) is 0 Å². The Kier molecular flexibility index (Phi) is 5.68. The zero-order valence-electron chi connectivity index (χ0n) is 9.04. The van der Waals surface area contributed by atoms with Crippen LogP contribution < -0.4 is 9.44 Å². The van der Waals surface area contributed by atoms with Crippen molar-refractivity contribution in [1.29, 1.82) is 0 Å². The lowest BCUT2D eigenvalue weighted by molar-refractivity contribution is 0.204. The Morgan fingerprint density at radius 3 is 2.82 bits per heavy atom. The molecular formula is C9H12BrClN2O3S. The zero-order chi connectivity index (χ0) is 12.9. The van der Waals surface area contributed by atoms with Crippen LogP contribution in [0.3, 0.4) is 0 Å². The Bertz CT molecular complexity index is 481. The fourth-order valence-electron chi connectivity index (χ4n) is 1.04. The van der Waals surface area contributed by atoms with Crippen molar-refractivity contribution in [2.45, 2.75) is 0 Å². The predicted octanol–water partition coefficient (Wildman–Crippen LogP) is 2.00. The van der Waals surface area contributed by atoms with Gasteiger partial charge in [-0.15, -0.1) is 0 Å². The molecule has 1 aromatic carbocycles. The first-order valence-corrected chi connectivity index (χ1v) is 7.32. The fraction of sp³-hybridized carbons (Fsp3) is 0.333. The highest BCUT2D eigenvalue weighted by atomic mass is 79.9. The normalized spacial score (nSPS) is 11.5. The molecule has 1 rings (SSSR count). The Hall–Kier alpha value is -0.340. The van der Waals surface area contributed by atoms with Crippen molar-refractivity contribution in [3.63, 3.8) is 0 Å². The highest BCUT2D eigenvalue weighted by Crippen LogP contribution is 2.30. The second-order valence-corrected chi connectivity index (χ2v) is 5.79. The molecule has 2 N–H and O–H groups in total. The molecule has 0 unspecified atom stereocenters. The van der Waals surface area contributed by atoms with Crippen LogP contribution in [0.4, 0.5) is 5.69 Å². The Morgan fingerprint density at radius 2 is 2.18 bits per heavy atom. The van der Waals surface area contributed by atoms with E-state index in [-0.39, 0.29) is 6.54 Å². The largest absolute Gasteiger partial charge is 0.383 e. The summed E-state index contributed by atoms with van der Waals surface area (Å²) in [5.74, 6) is 0. The predicted molar refractivity (Wildman–Crippen MR) is 71.6 cm³/mol. The molecule has 0 aliphatic carbocycles. The third-order valence-electron chi connectivity index (χ3n) is 1.79. The molecule has 0 aliphatic heterocycles. The number of rotatable bonds is 6. The van der Waals surface area contributed by atoms with E-state index in [4.69, 9.17) is 16.3 Å². The van der Waals surface area contributed by atoms with E-state index in [9.17, 15) is 8.42 Å². The molecule has 0 bridgehead atoms. The first kappa shape index (κ1) is 14.7. The highest BCUT2D eigenvalue weighted by Gasteiger charge is 2.12. The number of benzene rings is 1. The van der Waals surface area contributed by atoms with E-state index in [1.54, 1.807) is 18.2 Å². The van der Waals surface area contributed by atoms with Crippen molar-refractivity contribution in [2.75, 3.05) is 25.0 Å². The summed E-state index contributed by atoms with van der Waals surface area (Å²) in [6.07, 6.45) is 0. The summed E-state index contributed by atoms with van der Waals surface area (Å²) < 4.78 is 33.1. The van der Waals surface area contributed by atoms with E-state index in [1.807, 2.05) is 0 Å². The Balaban J connectivity index is 2.73. The van der Waals surface area contributed by atoms with Crippen LogP contribution in [0.15, 0.2) is 22.7 Å². The van der Waals surface area contributed by atoms with Crippen molar-refractivity contribution in [1.82, 2.24) is 4.72 Å². The van der Waals surface area contributed by atoms with Gasteiger partial charge >= 0.3 is 0 Å². The SMILES string of the molecule is COCCNS(=O)(=O)Nc1cccc(Cl)c1Br. The van der Waals surface area contributed by atoms with Gasteiger partial charge in [0.05, 0.1) is 21.8 Å². The summed E-state index contributed by atoms with van der Waals surface area (Å²) in [7, 11) is -2.12. The molecule has 0 aliphatic rings. The molecule has 0 radical (unpaired) electrons. The van der Waals surface area contributed by atoms with Gasteiger partial charge in [-0.25, -0.2) is 0 Å². The third kappa shape index (κ3) is 4.81. The molecular weight excluding hydrogens is 332 g/mol. The molecule has 0 saturated carbocycles. The van der Waals surface area contributed by atoms with Gasteiger partial charge in [-0.2, -0.15) is 13.1 Å². The van der Waals surface area contributed by atoms with E-state index in [2.05, 4.69) is 25.4 Å². The lowest BCUT2D eigenvalue weighted by Crippen LogP contribution is -2.32. The van der Waals surface area contributed by atoms with Gasteiger partial charge in [0, 0.05) is 13.7 Å². The van der Waals surface area contributed by atoms with Crippen LogP contribution in [0.25, 0.3) is 0 Å². The van der Waals surface area contributed by atoms with Crippen LogP contribution in [-0.2, 0) is 14.9 Å². The molecule has 17 heavy (non-hydrogen) atoms. The lowest BCUT2D eigenvalue weighted by Gasteiger charge is -2.11. The molecule has 1 aromatic rings. The monoisotopic (exact) mass is 342 g/mol. The van der Waals surface area contributed by atoms with Crippen LogP contribution in [-0.4, -0.2) is 28.7 Å². The average Bonchev–Trinajstić information content (AvgIpc) is 2.25. The number of hydrogen-bond donors (Lipinski definition) is 2. The summed E-state index contributed by atoms with van der Waals surface area (Å²) in [5, 5.41) is 0.432. The Morgan fingerprint density at radius 1 is 1.47 bits per heavy atom. The summed E-state index contributed by atoms with van der Waals surface area (Å²) in [4.78, 5) is 0. The minimum atomic E-state index is -3.61. The van der Waals surface area contributed by atoms with Gasteiger partial charge in [0.2, 0.25) is 0 Å². The van der Waals surface area contributed by atoms with E-state index < -0.39 is 10.2 Å². The lowest BCUT2D eigenvalue weighted by atomic mass is 10.3. The van der Waals surface area contributed by atoms with E-state index in [0.717, 1.165) is 0 Å². The molecule has 96 valence electrons. The van der Waals surface area contributed by atoms with Crippen molar-refractivity contribution in [3.05, 3.63) is 27.7 Å².